The van der Waals surface area contributed by atoms with E-state index in [0.717, 1.165) is 33.2 Å². The number of aryl methyl sites for hydroxylation is 2. The van der Waals surface area contributed by atoms with Crippen LogP contribution < -0.4 is 21.2 Å². The highest BCUT2D eigenvalue weighted by atomic mass is 16.3. The lowest BCUT2D eigenvalue weighted by molar-refractivity contribution is -0.134. The molecule has 6 aromatic rings. The molecular weight excluding hydrogens is 660 g/mol. The van der Waals surface area contributed by atoms with E-state index in [9.17, 15) is 19.2 Å². The van der Waals surface area contributed by atoms with Gasteiger partial charge in [0, 0.05) is 61.5 Å². The summed E-state index contributed by atoms with van der Waals surface area (Å²) >= 11 is 0. The maximum atomic E-state index is 12.8. The second kappa shape index (κ2) is 13.6. The third kappa shape index (κ3) is 6.30. The summed E-state index contributed by atoms with van der Waals surface area (Å²) < 4.78 is 8.99. The SMILES string of the molecule is CC(C)c1cc(N(C)c2cnc(-c3ccc(C(=O)NCC#Cc4ccc5occ(C6CCC(=O)NC6=O)c5c4)nc3)cn2)cc2c1n(C)c(=O)n2C. The van der Waals surface area contributed by atoms with Crippen LogP contribution in [0.15, 0.2) is 76.5 Å². The summed E-state index contributed by atoms with van der Waals surface area (Å²) in [6, 6.07) is 12.9. The van der Waals surface area contributed by atoms with Crippen LogP contribution in [0.4, 0.5) is 11.5 Å². The van der Waals surface area contributed by atoms with Crippen LogP contribution in [0.2, 0.25) is 0 Å². The Morgan fingerprint density at radius 2 is 1.87 bits per heavy atom. The summed E-state index contributed by atoms with van der Waals surface area (Å²) in [5.74, 6) is 5.39. The molecule has 1 aliphatic rings. The molecule has 5 heterocycles. The average Bonchev–Trinajstić information content (AvgIpc) is 3.66. The molecule has 0 radical (unpaired) electrons. The van der Waals surface area contributed by atoms with E-state index in [2.05, 4.69) is 57.3 Å². The molecule has 7 rings (SSSR count). The van der Waals surface area contributed by atoms with Crippen molar-refractivity contribution in [2.24, 2.45) is 14.1 Å². The summed E-state index contributed by atoms with van der Waals surface area (Å²) in [7, 11) is 5.48. The number of amides is 3. The first-order valence-corrected chi connectivity index (χ1v) is 16.8. The van der Waals surface area contributed by atoms with Gasteiger partial charge in [-0.2, -0.15) is 0 Å². The van der Waals surface area contributed by atoms with E-state index in [1.165, 1.54) is 0 Å². The molecule has 1 atom stereocenters. The number of anilines is 2. The number of hydrogen-bond acceptors (Lipinski definition) is 9. The smallest absolute Gasteiger partial charge is 0.328 e. The largest absolute Gasteiger partial charge is 0.464 e. The van der Waals surface area contributed by atoms with Crippen LogP contribution in [0.5, 0.6) is 0 Å². The molecule has 0 saturated carbocycles. The summed E-state index contributed by atoms with van der Waals surface area (Å²) in [5, 5.41) is 5.92. The quantitative estimate of drug-likeness (QED) is 0.179. The monoisotopic (exact) mass is 696 g/mol. The number of carbonyl (C=O) groups excluding carboxylic acids is 3. The van der Waals surface area contributed by atoms with Gasteiger partial charge in [0.2, 0.25) is 11.8 Å². The van der Waals surface area contributed by atoms with E-state index < -0.39 is 5.92 Å². The van der Waals surface area contributed by atoms with E-state index in [-0.39, 0.29) is 48.0 Å². The molecule has 1 saturated heterocycles. The van der Waals surface area contributed by atoms with E-state index in [4.69, 9.17) is 4.42 Å². The minimum Gasteiger partial charge on any atom is -0.464 e. The molecule has 1 aliphatic heterocycles. The van der Waals surface area contributed by atoms with Crippen LogP contribution in [0.1, 0.15) is 65.7 Å². The van der Waals surface area contributed by atoms with Crippen molar-refractivity contribution in [2.75, 3.05) is 18.5 Å². The van der Waals surface area contributed by atoms with Crippen LogP contribution in [-0.2, 0) is 23.7 Å². The molecule has 13 heteroatoms. The van der Waals surface area contributed by atoms with Gasteiger partial charge in [-0.15, -0.1) is 0 Å². The van der Waals surface area contributed by atoms with Crippen molar-refractivity contribution in [3.05, 3.63) is 100 Å². The van der Waals surface area contributed by atoms with Crippen molar-refractivity contribution in [3.63, 3.8) is 0 Å². The van der Waals surface area contributed by atoms with Crippen LogP contribution in [0, 0.1) is 11.8 Å². The first kappa shape index (κ1) is 33.9. The van der Waals surface area contributed by atoms with E-state index in [0.29, 0.717) is 34.6 Å². The molecule has 0 spiro atoms. The number of nitrogens with one attached hydrogen (secondary N) is 2. The standard InChI is InChI=1S/C39H36N8O5/c1-22(2)27-16-25(17-32-36(27)47(5)39(51)46(32)4)45(3)34-20-42-31(19-43-34)24-9-11-30(41-18-24)38(50)40-14-6-7-23-8-12-33-28(15-23)29(21-52-33)26-10-13-35(48)44-37(26)49/h8-9,11-12,15-22,26H,10,13-14H2,1-5H3,(H,40,50)(H,44,48,49). The molecule has 2 N–H and O–H groups in total. The molecule has 1 fully saturated rings. The first-order chi connectivity index (χ1) is 25.0. The number of carbonyl (C=O) groups is 3. The Morgan fingerprint density at radius 3 is 2.58 bits per heavy atom. The number of fused-ring (bicyclic) bond motifs is 2. The fourth-order valence-corrected chi connectivity index (χ4v) is 6.51. The van der Waals surface area contributed by atoms with Gasteiger partial charge in [0.15, 0.2) is 5.82 Å². The molecular formula is C39H36N8O5. The minimum atomic E-state index is -0.465. The lowest BCUT2D eigenvalue weighted by Gasteiger charge is -2.21. The Balaban J connectivity index is 0.992. The van der Waals surface area contributed by atoms with Crippen LogP contribution in [-0.4, -0.2) is 55.4 Å². The Hall–Kier alpha value is -6.55. The molecule has 13 nitrogen and oxygen atoms in total. The van der Waals surface area contributed by atoms with Gasteiger partial charge >= 0.3 is 5.69 Å². The van der Waals surface area contributed by atoms with Gasteiger partial charge in [0.05, 0.1) is 47.8 Å². The van der Waals surface area contributed by atoms with Gasteiger partial charge in [-0.1, -0.05) is 25.7 Å². The van der Waals surface area contributed by atoms with Crippen molar-refractivity contribution >= 4 is 51.2 Å². The fraction of sp³-hybridized carbons (Fsp3) is 0.256. The third-order valence-electron chi connectivity index (χ3n) is 9.45. The van der Waals surface area contributed by atoms with Crippen LogP contribution >= 0.6 is 0 Å². The normalized spacial score (nSPS) is 14.4. The molecule has 4 aromatic heterocycles. The zero-order chi connectivity index (χ0) is 36.7. The number of benzene rings is 2. The molecule has 52 heavy (non-hydrogen) atoms. The van der Waals surface area contributed by atoms with Crippen LogP contribution in [0.3, 0.4) is 0 Å². The number of furan rings is 1. The Labute approximate surface area is 298 Å². The van der Waals surface area contributed by atoms with Crippen molar-refractivity contribution in [1.29, 1.82) is 0 Å². The number of aromatic nitrogens is 5. The molecule has 2 aromatic carbocycles. The zero-order valence-corrected chi connectivity index (χ0v) is 29.4. The fourth-order valence-electron chi connectivity index (χ4n) is 6.51. The van der Waals surface area contributed by atoms with E-state index >= 15 is 0 Å². The van der Waals surface area contributed by atoms with E-state index in [1.807, 2.05) is 24.1 Å². The number of nitrogens with zero attached hydrogens (tertiary/aromatic N) is 6. The van der Waals surface area contributed by atoms with E-state index in [1.54, 1.807) is 72.3 Å². The number of imidazole rings is 1. The topological polar surface area (TPSA) is 157 Å². The Morgan fingerprint density at radius 1 is 1.04 bits per heavy atom. The Kier molecular flexibility index (Phi) is 8.90. The average molecular weight is 697 g/mol. The van der Waals surface area contributed by atoms with Crippen molar-refractivity contribution in [2.45, 2.75) is 38.5 Å². The van der Waals surface area contributed by atoms with Crippen molar-refractivity contribution in [3.8, 4) is 23.1 Å². The number of piperidine rings is 1. The maximum Gasteiger partial charge on any atom is 0.328 e. The van der Waals surface area contributed by atoms with Gasteiger partial charge in [-0.05, 0) is 60.4 Å². The highest BCUT2D eigenvalue weighted by molar-refractivity contribution is 6.02. The maximum absolute atomic E-state index is 12.8. The summed E-state index contributed by atoms with van der Waals surface area (Å²) in [6.45, 7) is 4.31. The highest BCUT2D eigenvalue weighted by Crippen LogP contribution is 2.34. The summed E-state index contributed by atoms with van der Waals surface area (Å²) in [4.78, 5) is 65.0. The van der Waals surface area contributed by atoms with Gasteiger partial charge in [0.1, 0.15) is 11.3 Å². The van der Waals surface area contributed by atoms with Gasteiger partial charge < -0.3 is 14.6 Å². The molecule has 262 valence electrons. The van der Waals surface area contributed by atoms with Gasteiger partial charge in [-0.3, -0.25) is 38.8 Å². The van der Waals surface area contributed by atoms with Gasteiger partial charge in [-0.25, -0.2) is 9.78 Å². The highest BCUT2D eigenvalue weighted by Gasteiger charge is 2.30. The predicted molar refractivity (Wildman–Crippen MR) is 196 cm³/mol. The molecule has 0 aliphatic carbocycles. The Bertz CT molecular complexity index is 2500. The number of rotatable bonds is 7. The zero-order valence-electron chi connectivity index (χ0n) is 29.4. The lowest BCUT2D eigenvalue weighted by Crippen LogP contribution is -2.39. The molecule has 1 unspecified atom stereocenters. The van der Waals surface area contributed by atoms with Crippen molar-refractivity contribution in [1.82, 2.24) is 34.7 Å². The number of pyridine rings is 1. The number of imide groups is 1. The summed E-state index contributed by atoms with van der Waals surface area (Å²) in [5.41, 5.74) is 7.23. The third-order valence-corrected chi connectivity index (χ3v) is 9.45. The minimum absolute atomic E-state index is 0.0731. The van der Waals surface area contributed by atoms with Crippen molar-refractivity contribution < 1.29 is 18.8 Å². The second-order valence-corrected chi connectivity index (χ2v) is 13.1. The second-order valence-electron chi connectivity index (χ2n) is 13.1. The van der Waals surface area contributed by atoms with Gasteiger partial charge in [0.25, 0.3) is 5.91 Å². The first-order valence-electron chi connectivity index (χ1n) is 16.8. The van der Waals surface area contributed by atoms with Crippen LogP contribution in [0.25, 0.3) is 33.3 Å². The lowest BCUT2D eigenvalue weighted by atomic mass is 9.90. The molecule has 0 bridgehead atoms. The summed E-state index contributed by atoms with van der Waals surface area (Å²) in [6.07, 6.45) is 7.17. The molecule has 3 amide bonds. The predicted octanol–water partition coefficient (Wildman–Crippen LogP) is 4.67. The number of hydrogen-bond donors (Lipinski definition) is 2.